The molecule has 0 bridgehead atoms. The van der Waals surface area contributed by atoms with Gasteiger partial charge in [0.25, 0.3) is 5.92 Å². The van der Waals surface area contributed by atoms with Crippen LogP contribution >= 0.6 is 0 Å². The van der Waals surface area contributed by atoms with Crippen molar-refractivity contribution in [3.05, 3.63) is 59.9 Å². The summed E-state index contributed by atoms with van der Waals surface area (Å²) in [6.07, 6.45) is 4.70. The predicted octanol–water partition coefficient (Wildman–Crippen LogP) is 3.45. The van der Waals surface area contributed by atoms with Crippen LogP contribution in [-0.2, 0) is 17.8 Å². The van der Waals surface area contributed by atoms with Gasteiger partial charge in [0.2, 0.25) is 0 Å². The van der Waals surface area contributed by atoms with Crippen molar-refractivity contribution < 1.29 is 23.4 Å². The Morgan fingerprint density at radius 1 is 1.02 bits per heavy atom. The van der Waals surface area contributed by atoms with Gasteiger partial charge >= 0.3 is 6.01 Å². The van der Waals surface area contributed by atoms with E-state index >= 15 is 0 Å². The summed E-state index contributed by atoms with van der Waals surface area (Å²) in [6, 6.07) is 11.8. The van der Waals surface area contributed by atoms with E-state index in [0.29, 0.717) is 19.6 Å². The van der Waals surface area contributed by atoms with Crippen molar-refractivity contribution in [3.8, 4) is 11.8 Å². The molecule has 2 saturated heterocycles. The molecule has 0 amide bonds. The van der Waals surface area contributed by atoms with Crippen LogP contribution in [0.1, 0.15) is 17.7 Å². The number of likely N-dealkylation sites (tertiary alicyclic amines) is 1. The Hall–Kier alpha value is -3.99. The Morgan fingerprint density at radius 2 is 1.85 bits per heavy atom. The molecule has 216 valence electrons. The molecule has 2 fully saturated rings. The first kappa shape index (κ1) is 27.2. The zero-order valence-corrected chi connectivity index (χ0v) is 22.9. The third-order valence-corrected chi connectivity index (χ3v) is 8.06. The first-order valence-electron chi connectivity index (χ1n) is 14.1. The lowest BCUT2D eigenvalue weighted by atomic mass is 10.0. The van der Waals surface area contributed by atoms with E-state index in [4.69, 9.17) is 14.7 Å². The molecule has 11 heteroatoms. The molecule has 0 unspecified atom stereocenters. The Morgan fingerprint density at radius 3 is 2.63 bits per heavy atom. The van der Waals surface area contributed by atoms with Crippen LogP contribution in [0.5, 0.6) is 11.8 Å². The van der Waals surface area contributed by atoms with E-state index in [-0.39, 0.29) is 31.3 Å². The number of benzene rings is 2. The second-order valence-corrected chi connectivity index (χ2v) is 10.8. The predicted molar refractivity (Wildman–Crippen MR) is 153 cm³/mol. The standard InChI is InChI=1S/C30H34F2N6O3/c31-30(32)7-10-36(21-30)15-17-41-29-33-26-20-38(27-19-23(40)18-22-4-1-2-5-24(22)27)9-6-25(26)28(34-29)37-13-11-35(12-14-37)8-3-16-39/h1-5,8,16,18-19,40H,6-7,9-15,17,20-21H2. The minimum Gasteiger partial charge on any atom is -0.508 e. The van der Waals surface area contributed by atoms with Gasteiger partial charge in [0.15, 0.2) is 0 Å². The van der Waals surface area contributed by atoms with Gasteiger partial charge in [-0.05, 0) is 23.9 Å². The number of hydrogen-bond acceptors (Lipinski definition) is 9. The lowest BCUT2D eigenvalue weighted by Gasteiger charge is -2.38. The SMILES string of the molecule is O=CC=CN1CCN(c2nc(OCCN3CCC(F)(F)C3)nc3c2CCN(c2cc(O)cc4ccccc24)C3)CC1. The molecule has 3 aromatic rings. The third-order valence-electron chi connectivity index (χ3n) is 8.06. The lowest BCUT2D eigenvalue weighted by Crippen LogP contribution is -2.45. The van der Waals surface area contributed by atoms with Crippen LogP contribution in [0, 0.1) is 0 Å². The number of halogens is 2. The van der Waals surface area contributed by atoms with Crippen molar-refractivity contribution in [1.82, 2.24) is 19.8 Å². The Labute approximate surface area is 237 Å². The average Bonchev–Trinajstić information content (AvgIpc) is 3.33. The number of piperazine rings is 1. The van der Waals surface area contributed by atoms with Gasteiger partial charge < -0.3 is 24.5 Å². The molecule has 2 aromatic carbocycles. The molecule has 0 atom stereocenters. The first-order valence-corrected chi connectivity index (χ1v) is 14.1. The third kappa shape index (κ3) is 6.04. The van der Waals surface area contributed by atoms with Crippen molar-refractivity contribution in [3.63, 3.8) is 0 Å². The van der Waals surface area contributed by atoms with E-state index in [2.05, 4.69) is 20.8 Å². The van der Waals surface area contributed by atoms with Crippen LogP contribution in [0.2, 0.25) is 0 Å². The Kier molecular flexibility index (Phi) is 7.61. The number of allylic oxidation sites excluding steroid dienone is 1. The monoisotopic (exact) mass is 564 g/mol. The molecule has 0 radical (unpaired) electrons. The highest BCUT2D eigenvalue weighted by Crippen LogP contribution is 2.36. The minimum absolute atomic E-state index is 0.125. The summed E-state index contributed by atoms with van der Waals surface area (Å²) < 4.78 is 33.2. The van der Waals surface area contributed by atoms with Gasteiger partial charge in [0.1, 0.15) is 24.5 Å². The summed E-state index contributed by atoms with van der Waals surface area (Å²) in [7, 11) is 0. The van der Waals surface area contributed by atoms with Crippen LogP contribution in [0.25, 0.3) is 10.8 Å². The van der Waals surface area contributed by atoms with Crippen LogP contribution in [0.3, 0.4) is 0 Å². The maximum Gasteiger partial charge on any atom is 0.318 e. The molecule has 0 spiro atoms. The minimum atomic E-state index is -2.64. The number of hydrogen-bond donors (Lipinski definition) is 1. The molecular weight excluding hydrogens is 530 g/mol. The number of ether oxygens (including phenoxy) is 1. The summed E-state index contributed by atoms with van der Waals surface area (Å²) in [5.41, 5.74) is 2.88. The Balaban J connectivity index is 1.26. The highest BCUT2D eigenvalue weighted by Gasteiger charge is 2.38. The quantitative estimate of drug-likeness (QED) is 0.327. The topological polar surface area (TPSA) is 85.3 Å². The first-order chi connectivity index (χ1) is 19.9. The van der Waals surface area contributed by atoms with Crippen molar-refractivity contribution in [1.29, 1.82) is 0 Å². The summed E-state index contributed by atoms with van der Waals surface area (Å²) in [5, 5.41) is 12.5. The highest BCUT2D eigenvalue weighted by molar-refractivity contribution is 5.95. The smallest absolute Gasteiger partial charge is 0.318 e. The average molecular weight is 565 g/mol. The number of fused-ring (bicyclic) bond motifs is 2. The van der Waals surface area contributed by atoms with Crippen LogP contribution < -0.4 is 14.5 Å². The number of phenolic OH excluding ortho intramolecular Hbond substituents is 1. The molecule has 41 heavy (non-hydrogen) atoms. The number of aromatic hydroxyl groups is 1. The van der Waals surface area contributed by atoms with Crippen molar-refractivity contribution in [2.24, 2.45) is 0 Å². The number of alkyl halides is 2. The van der Waals surface area contributed by atoms with E-state index in [1.54, 1.807) is 17.0 Å². The molecule has 1 aromatic heterocycles. The van der Waals surface area contributed by atoms with Crippen molar-refractivity contribution >= 4 is 28.6 Å². The number of carbonyl (C=O) groups excluding carboxylic acids is 1. The van der Waals surface area contributed by atoms with E-state index in [0.717, 1.165) is 79.0 Å². The van der Waals surface area contributed by atoms with Crippen LogP contribution in [-0.4, -0.2) is 96.0 Å². The van der Waals surface area contributed by atoms with Gasteiger partial charge in [-0.1, -0.05) is 24.3 Å². The molecule has 4 heterocycles. The number of rotatable bonds is 8. The normalized spacial score (nSPS) is 19.2. The molecule has 3 aliphatic heterocycles. The van der Waals surface area contributed by atoms with Gasteiger partial charge in [-0.25, -0.2) is 8.78 Å². The van der Waals surface area contributed by atoms with Crippen molar-refractivity contribution in [2.75, 3.05) is 68.8 Å². The highest BCUT2D eigenvalue weighted by atomic mass is 19.3. The number of phenols is 1. The van der Waals surface area contributed by atoms with Gasteiger partial charge in [0, 0.05) is 81.1 Å². The summed E-state index contributed by atoms with van der Waals surface area (Å²) in [5.74, 6) is -1.58. The molecule has 0 saturated carbocycles. The number of aldehydes is 1. The molecular formula is C30H34F2N6O3. The van der Waals surface area contributed by atoms with Crippen LogP contribution in [0.4, 0.5) is 20.3 Å². The number of anilines is 2. The molecule has 1 N–H and O–H groups in total. The second kappa shape index (κ2) is 11.5. The molecule has 6 rings (SSSR count). The van der Waals surface area contributed by atoms with Gasteiger partial charge in [-0.2, -0.15) is 9.97 Å². The summed E-state index contributed by atoms with van der Waals surface area (Å²) in [6.45, 7) is 4.94. The van der Waals surface area contributed by atoms with E-state index in [1.807, 2.05) is 24.4 Å². The fourth-order valence-corrected chi connectivity index (χ4v) is 5.96. The molecule has 3 aliphatic rings. The number of nitrogens with zero attached hydrogens (tertiary/aromatic N) is 6. The van der Waals surface area contributed by atoms with Gasteiger partial charge in [-0.3, -0.25) is 9.69 Å². The van der Waals surface area contributed by atoms with E-state index in [1.165, 1.54) is 6.08 Å². The van der Waals surface area contributed by atoms with Crippen molar-refractivity contribution in [2.45, 2.75) is 25.3 Å². The van der Waals surface area contributed by atoms with Gasteiger partial charge in [0.05, 0.1) is 18.8 Å². The zero-order valence-electron chi connectivity index (χ0n) is 22.9. The van der Waals surface area contributed by atoms with E-state index < -0.39 is 5.92 Å². The number of aromatic nitrogens is 2. The van der Waals surface area contributed by atoms with Crippen LogP contribution in [0.15, 0.2) is 48.7 Å². The fraction of sp³-hybridized carbons (Fsp3) is 0.433. The maximum atomic E-state index is 13.6. The van der Waals surface area contributed by atoms with E-state index in [9.17, 15) is 18.7 Å². The Bertz CT molecular complexity index is 1440. The summed E-state index contributed by atoms with van der Waals surface area (Å²) >= 11 is 0. The molecule has 0 aliphatic carbocycles. The molecule has 9 nitrogen and oxygen atoms in total. The van der Waals surface area contributed by atoms with Gasteiger partial charge in [-0.15, -0.1) is 0 Å². The summed E-state index contributed by atoms with van der Waals surface area (Å²) in [4.78, 5) is 28.6. The number of carbonyl (C=O) groups is 1. The lowest BCUT2D eigenvalue weighted by molar-refractivity contribution is -0.104. The maximum absolute atomic E-state index is 13.6. The second-order valence-electron chi connectivity index (χ2n) is 10.8. The fourth-order valence-electron chi connectivity index (χ4n) is 5.96. The largest absolute Gasteiger partial charge is 0.508 e. The zero-order chi connectivity index (χ0) is 28.4.